The van der Waals surface area contributed by atoms with E-state index >= 15 is 0 Å². The molecule has 2 heterocycles. The highest BCUT2D eigenvalue weighted by molar-refractivity contribution is 5.94. The molecule has 0 amide bonds. The minimum atomic E-state index is -0.428. The predicted octanol–water partition coefficient (Wildman–Crippen LogP) is 4.56. The predicted molar refractivity (Wildman–Crippen MR) is 119 cm³/mol. The smallest absolute Gasteiger partial charge is 0.331 e. The van der Waals surface area contributed by atoms with E-state index in [1.165, 1.54) is 6.08 Å². The first-order chi connectivity index (χ1) is 15.2. The summed E-state index contributed by atoms with van der Waals surface area (Å²) in [5.74, 6) is 0.266. The fourth-order valence-corrected chi connectivity index (χ4v) is 3.51. The standard InChI is InChI=1S/C25H22N4O2/c26-13-6-15-28-18-21(22-9-4-5-10-23(22)28)11-12-25(30)31-19-24-27-14-16-29(24)17-20-7-2-1-3-8-20/h1-5,7-12,14,16,18H,6,15,17,19H2/b12-11+. The molecule has 0 radical (unpaired) electrons. The molecule has 0 saturated heterocycles. The van der Waals surface area contributed by atoms with E-state index in [9.17, 15) is 4.79 Å². The van der Waals surface area contributed by atoms with Gasteiger partial charge in [-0.1, -0.05) is 48.5 Å². The van der Waals surface area contributed by atoms with Crippen molar-refractivity contribution in [1.29, 1.82) is 5.26 Å². The number of nitrogens with zero attached hydrogens (tertiary/aromatic N) is 4. The highest BCUT2D eigenvalue weighted by atomic mass is 16.5. The third-order valence-electron chi connectivity index (χ3n) is 5.02. The molecule has 31 heavy (non-hydrogen) atoms. The fraction of sp³-hybridized carbons (Fsp3) is 0.160. The molecule has 0 unspecified atom stereocenters. The van der Waals surface area contributed by atoms with Crippen molar-refractivity contribution in [1.82, 2.24) is 14.1 Å². The number of imidazole rings is 1. The van der Waals surface area contributed by atoms with Crippen LogP contribution in [0.25, 0.3) is 17.0 Å². The number of aryl methyl sites for hydroxylation is 1. The van der Waals surface area contributed by atoms with Gasteiger partial charge in [0.1, 0.15) is 12.4 Å². The van der Waals surface area contributed by atoms with E-state index in [0.29, 0.717) is 25.3 Å². The summed E-state index contributed by atoms with van der Waals surface area (Å²) in [6.07, 6.45) is 9.16. The fourth-order valence-electron chi connectivity index (χ4n) is 3.51. The molecular weight excluding hydrogens is 388 g/mol. The largest absolute Gasteiger partial charge is 0.454 e. The topological polar surface area (TPSA) is 72.8 Å². The lowest BCUT2D eigenvalue weighted by atomic mass is 10.1. The summed E-state index contributed by atoms with van der Waals surface area (Å²) in [6, 6.07) is 20.2. The summed E-state index contributed by atoms with van der Waals surface area (Å²) in [4.78, 5) is 16.6. The van der Waals surface area contributed by atoms with Crippen LogP contribution in [0.5, 0.6) is 0 Å². The van der Waals surface area contributed by atoms with Crippen molar-refractivity contribution in [3.8, 4) is 6.07 Å². The molecule has 0 aliphatic heterocycles. The molecule has 154 valence electrons. The van der Waals surface area contributed by atoms with Crippen LogP contribution in [0.3, 0.4) is 0 Å². The zero-order valence-electron chi connectivity index (χ0n) is 17.0. The van der Waals surface area contributed by atoms with E-state index in [1.807, 2.05) is 76.1 Å². The van der Waals surface area contributed by atoms with Crippen LogP contribution < -0.4 is 0 Å². The molecule has 0 bridgehead atoms. The first kappa shape index (κ1) is 20.2. The van der Waals surface area contributed by atoms with Gasteiger partial charge >= 0.3 is 5.97 Å². The van der Waals surface area contributed by atoms with Crippen molar-refractivity contribution >= 4 is 22.9 Å². The number of para-hydroxylation sites is 1. The molecule has 2 aromatic heterocycles. The molecule has 6 heteroatoms. The van der Waals surface area contributed by atoms with E-state index in [4.69, 9.17) is 10.00 Å². The number of hydrogen-bond acceptors (Lipinski definition) is 4. The van der Waals surface area contributed by atoms with E-state index in [0.717, 1.165) is 22.0 Å². The number of hydrogen-bond donors (Lipinski definition) is 0. The molecule has 4 rings (SSSR count). The van der Waals surface area contributed by atoms with Gasteiger partial charge in [-0.3, -0.25) is 0 Å². The number of fused-ring (bicyclic) bond motifs is 1. The zero-order chi connectivity index (χ0) is 21.5. The van der Waals surface area contributed by atoms with Gasteiger partial charge in [-0.25, -0.2) is 9.78 Å². The monoisotopic (exact) mass is 410 g/mol. The van der Waals surface area contributed by atoms with Crippen LogP contribution in [0.15, 0.2) is 79.3 Å². The summed E-state index contributed by atoms with van der Waals surface area (Å²) in [7, 11) is 0. The van der Waals surface area contributed by atoms with Gasteiger partial charge in [0.15, 0.2) is 0 Å². The maximum atomic E-state index is 12.3. The lowest BCUT2D eigenvalue weighted by molar-refractivity contribution is -0.139. The van der Waals surface area contributed by atoms with Crippen LogP contribution in [-0.4, -0.2) is 20.1 Å². The van der Waals surface area contributed by atoms with Crippen molar-refractivity contribution < 1.29 is 9.53 Å². The Balaban J connectivity index is 1.41. The summed E-state index contributed by atoms with van der Waals surface area (Å²) < 4.78 is 9.41. The Morgan fingerprint density at radius 2 is 1.90 bits per heavy atom. The number of carbonyl (C=O) groups excluding carboxylic acids is 1. The van der Waals surface area contributed by atoms with Crippen LogP contribution in [0, 0.1) is 11.3 Å². The number of carbonyl (C=O) groups is 1. The number of rotatable bonds is 8. The van der Waals surface area contributed by atoms with Crippen molar-refractivity contribution in [2.24, 2.45) is 0 Å². The highest BCUT2D eigenvalue weighted by Gasteiger charge is 2.08. The van der Waals surface area contributed by atoms with Crippen LogP contribution in [-0.2, 0) is 29.2 Å². The summed E-state index contributed by atoms with van der Waals surface area (Å²) in [6.45, 7) is 1.39. The first-order valence-corrected chi connectivity index (χ1v) is 10.1. The SMILES string of the molecule is N#CCCn1cc(/C=C/C(=O)OCc2nccn2Cc2ccccc2)c2ccccc21. The first-order valence-electron chi connectivity index (χ1n) is 10.1. The zero-order valence-corrected chi connectivity index (χ0v) is 17.0. The van der Waals surface area contributed by atoms with Gasteiger partial charge in [0.05, 0.1) is 12.5 Å². The van der Waals surface area contributed by atoms with E-state index < -0.39 is 5.97 Å². The van der Waals surface area contributed by atoms with Gasteiger partial charge in [-0.15, -0.1) is 0 Å². The van der Waals surface area contributed by atoms with E-state index in [1.54, 1.807) is 12.3 Å². The molecule has 6 nitrogen and oxygen atoms in total. The maximum absolute atomic E-state index is 12.3. The summed E-state index contributed by atoms with van der Waals surface area (Å²) in [5, 5.41) is 9.91. The van der Waals surface area contributed by atoms with Gasteiger partial charge in [-0.05, 0) is 17.7 Å². The number of nitriles is 1. The molecule has 0 aliphatic rings. The summed E-state index contributed by atoms with van der Waals surface area (Å²) in [5.41, 5.74) is 3.10. The normalized spacial score (nSPS) is 11.1. The van der Waals surface area contributed by atoms with Crippen LogP contribution >= 0.6 is 0 Å². The van der Waals surface area contributed by atoms with E-state index in [2.05, 4.69) is 11.1 Å². The Kier molecular flexibility index (Phi) is 6.24. The Bertz CT molecular complexity index is 1250. The second kappa shape index (κ2) is 9.59. The van der Waals surface area contributed by atoms with Crippen LogP contribution in [0.4, 0.5) is 0 Å². The lowest BCUT2D eigenvalue weighted by Crippen LogP contribution is -2.08. The quantitative estimate of drug-likeness (QED) is 0.315. The average Bonchev–Trinajstić information content (AvgIpc) is 3.39. The molecule has 0 aliphatic carbocycles. The highest BCUT2D eigenvalue weighted by Crippen LogP contribution is 2.23. The van der Waals surface area contributed by atoms with Crippen molar-refractivity contribution in [3.05, 3.63) is 96.2 Å². The van der Waals surface area contributed by atoms with Crippen molar-refractivity contribution in [3.63, 3.8) is 0 Å². The van der Waals surface area contributed by atoms with Gasteiger partial charge in [0, 0.05) is 54.2 Å². The molecule has 2 aromatic carbocycles. The lowest BCUT2D eigenvalue weighted by Gasteiger charge is -2.08. The minimum Gasteiger partial charge on any atom is -0.454 e. The van der Waals surface area contributed by atoms with Crippen molar-refractivity contribution in [2.75, 3.05) is 0 Å². The van der Waals surface area contributed by atoms with Gasteiger partial charge in [-0.2, -0.15) is 5.26 Å². The number of benzene rings is 2. The van der Waals surface area contributed by atoms with Gasteiger partial charge in [0.25, 0.3) is 0 Å². The Morgan fingerprint density at radius 1 is 1.10 bits per heavy atom. The molecule has 0 fully saturated rings. The third-order valence-corrected chi connectivity index (χ3v) is 5.02. The molecule has 4 aromatic rings. The molecule has 0 spiro atoms. The van der Waals surface area contributed by atoms with E-state index in [-0.39, 0.29) is 6.61 Å². The second-order valence-electron chi connectivity index (χ2n) is 7.10. The molecule has 0 saturated carbocycles. The number of esters is 1. The Morgan fingerprint density at radius 3 is 2.74 bits per heavy atom. The van der Waals surface area contributed by atoms with Gasteiger partial charge < -0.3 is 13.9 Å². The Labute approximate surface area is 180 Å². The number of aromatic nitrogens is 3. The van der Waals surface area contributed by atoms with Crippen LogP contribution in [0.1, 0.15) is 23.4 Å². The Hall–Kier alpha value is -4.11. The third kappa shape index (κ3) is 4.90. The molecular formula is C25H22N4O2. The summed E-state index contributed by atoms with van der Waals surface area (Å²) >= 11 is 0. The molecule has 0 N–H and O–H groups in total. The van der Waals surface area contributed by atoms with Gasteiger partial charge in [0.2, 0.25) is 0 Å². The van der Waals surface area contributed by atoms with Crippen molar-refractivity contribution in [2.45, 2.75) is 26.1 Å². The second-order valence-corrected chi connectivity index (χ2v) is 7.10. The minimum absolute atomic E-state index is 0.104. The number of ether oxygens (including phenoxy) is 1. The average molecular weight is 410 g/mol. The van der Waals surface area contributed by atoms with Crippen LogP contribution in [0.2, 0.25) is 0 Å². The maximum Gasteiger partial charge on any atom is 0.331 e. The molecule has 0 atom stereocenters.